The van der Waals surface area contributed by atoms with Crippen molar-refractivity contribution < 1.29 is 14.3 Å². The summed E-state index contributed by atoms with van der Waals surface area (Å²) in [6.45, 7) is 10.00. The molecule has 0 aliphatic carbocycles. The molecule has 0 aromatic heterocycles. The Labute approximate surface area is 135 Å². The van der Waals surface area contributed by atoms with Crippen molar-refractivity contribution in [1.82, 2.24) is 5.32 Å². The van der Waals surface area contributed by atoms with E-state index in [2.05, 4.69) is 21.2 Å². The number of rotatable bonds is 5. The van der Waals surface area contributed by atoms with Crippen LogP contribution in [0, 0.1) is 5.92 Å². The summed E-state index contributed by atoms with van der Waals surface area (Å²) < 4.78 is 12.0. The Kier molecular flexibility index (Phi) is 6.52. The first kappa shape index (κ1) is 17.8. The predicted molar refractivity (Wildman–Crippen MR) is 87.6 cm³/mol. The van der Waals surface area contributed by atoms with Crippen LogP contribution in [0.15, 0.2) is 28.7 Å². The highest BCUT2D eigenvalue weighted by atomic mass is 79.9. The van der Waals surface area contributed by atoms with Gasteiger partial charge in [0.05, 0.1) is 6.04 Å². The molecule has 0 fully saturated rings. The third-order valence-electron chi connectivity index (χ3n) is 2.75. The van der Waals surface area contributed by atoms with E-state index in [1.165, 1.54) is 0 Å². The van der Waals surface area contributed by atoms with E-state index in [1.54, 1.807) is 0 Å². The molecule has 0 aliphatic heterocycles. The summed E-state index contributed by atoms with van der Waals surface area (Å²) in [5.74, 6) is 1.02. The number of nitrogens with one attached hydrogen (secondary N) is 1. The van der Waals surface area contributed by atoms with Gasteiger partial charge in [0.2, 0.25) is 0 Å². The van der Waals surface area contributed by atoms with Crippen LogP contribution in [-0.2, 0) is 4.74 Å². The van der Waals surface area contributed by atoms with Crippen molar-refractivity contribution in [2.45, 2.75) is 46.3 Å². The number of benzene rings is 1. The molecular formula is C16H24BrNO3. The molecule has 1 rings (SSSR count). The minimum Gasteiger partial charge on any atom is -0.491 e. The van der Waals surface area contributed by atoms with E-state index in [9.17, 15) is 4.79 Å². The van der Waals surface area contributed by atoms with Crippen molar-refractivity contribution >= 4 is 22.0 Å². The van der Waals surface area contributed by atoms with Gasteiger partial charge in [-0.15, -0.1) is 0 Å². The van der Waals surface area contributed by atoms with Gasteiger partial charge in [-0.25, -0.2) is 4.79 Å². The fraction of sp³-hybridized carbons (Fsp3) is 0.562. The van der Waals surface area contributed by atoms with Crippen LogP contribution in [0.1, 0.15) is 34.6 Å². The average molecular weight is 358 g/mol. The lowest BCUT2D eigenvalue weighted by Crippen LogP contribution is -2.45. The number of hydrogen-bond acceptors (Lipinski definition) is 3. The number of hydrogen-bond donors (Lipinski definition) is 1. The second kappa shape index (κ2) is 7.69. The quantitative estimate of drug-likeness (QED) is 0.850. The Bertz CT molecular complexity index is 452. The summed E-state index contributed by atoms with van der Waals surface area (Å²) in [6.07, 6.45) is -0.416. The first-order valence-electron chi connectivity index (χ1n) is 7.05. The molecule has 5 heteroatoms. The van der Waals surface area contributed by atoms with Crippen LogP contribution in [0.5, 0.6) is 5.75 Å². The van der Waals surface area contributed by atoms with E-state index < -0.39 is 11.7 Å². The van der Waals surface area contributed by atoms with Crippen molar-refractivity contribution in [2.75, 3.05) is 6.61 Å². The van der Waals surface area contributed by atoms with Gasteiger partial charge >= 0.3 is 6.09 Å². The summed E-state index contributed by atoms with van der Waals surface area (Å²) in [4.78, 5) is 11.8. The molecule has 0 saturated heterocycles. The number of carbonyl (C=O) groups is 1. The van der Waals surface area contributed by atoms with Crippen molar-refractivity contribution in [2.24, 2.45) is 5.92 Å². The van der Waals surface area contributed by atoms with Gasteiger partial charge in [-0.2, -0.15) is 0 Å². The van der Waals surface area contributed by atoms with Crippen LogP contribution in [0.4, 0.5) is 4.79 Å². The molecule has 0 spiro atoms. The van der Waals surface area contributed by atoms with Gasteiger partial charge in [0.1, 0.15) is 18.0 Å². The third-order valence-corrected chi connectivity index (χ3v) is 3.28. The minimum absolute atomic E-state index is 0.108. The lowest BCUT2D eigenvalue weighted by Gasteiger charge is -2.25. The van der Waals surface area contributed by atoms with Gasteiger partial charge in [0.25, 0.3) is 0 Å². The largest absolute Gasteiger partial charge is 0.491 e. The van der Waals surface area contributed by atoms with Crippen LogP contribution in [0.3, 0.4) is 0 Å². The lowest BCUT2D eigenvalue weighted by atomic mass is 10.1. The van der Waals surface area contributed by atoms with Gasteiger partial charge < -0.3 is 14.8 Å². The zero-order valence-corrected chi connectivity index (χ0v) is 14.9. The zero-order valence-electron chi connectivity index (χ0n) is 13.3. The third kappa shape index (κ3) is 7.37. The van der Waals surface area contributed by atoms with E-state index in [0.29, 0.717) is 6.61 Å². The highest BCUT2D eigenvalue weighted by Crippen LogP contribution is 2.17. The van der Waals surface area contributed by atoms with Crippen LogP contribution < -0.4 is 10.1 Å². The number of alkyl carbamates (subject to hydrolysis) is 1. The molecular weight excluding hydrogens is 334 g/mol. The molecule has 0 unspecified atom stereocenters. The monoisotopic (exact) mass is 357 g/mol. The van der Waals surface area contributed by atoms with Gasteiger partial charge in [0.15, 0.2) is 0 Å². The Morgan fingerprint density at radius 3 is 2.29 bits per heavy atom. The molecule has 0 heterocycles. The van der Waals surface area contributed by atoms with Crippen molar-refractivity contribution in [3.8, 4) is 5.75 Å². The molecule has 0 aliphatic rings. The maximum Gasteiger partial charge on any atom is 0.407 e. The number of halogens is 1. The maximum absolute atomic E-state index is 11.8. The average Bonchev–Trinajstić information content (AvgIpc) is 2.33. The molecule has 0 saturated carbocycles. The predicted octanol–water partition coefficient (Wildman–Crippen LogP) is 4.38. The highest BCUT2D eigenvalue weighted by molar-refractivity contribution is 9.10. The second-order valence-corrected chi connectivity index (χ2v) is 7.18. The summed E-state index contributed by atoms with van der Waals surface area (Å²) >= 11 is 3.38. The van der Waals surface area contributed by atoms with Crippen molar-refractivity contribution in [3.63, 3.8) is 0 Å². The summed E-state index contributed by atoms with van der Waals surface area (Å²) in [6, 6.07) is 7.50. The molecule has 1 N–H and O–H groups in total. The summed E-state index contributed by atoms with van der Waals surface area (Å²) in [7, 11) is 0. The first-order chi connectivity index (χ1) is 9.67. The van der Waals surface area contributed by atoms with Crippen LogP contribution in [-0.4, -0.2) is 24.3 Å². The van der Waals surface area contributed by atoms with Crippen LogP contribution >= 0.6 is 15.9 Å². The van der Waals surface area contributed by atoms with E-state index in [-0.39, 0.29) is 12.0 Å². The Hall–Kier alpha value is -1.23. The first-order valence-corrected chi connectivity index (χ1v) is 7.84. The maximum atomic E-state index is 11.8. The summed E-state index contributed by atoms with van der Waals surface area (Å²) in [5.41, 5.74) is -0.502. The molecule has 0 bridgehead atoms. The topological polar surface area (TPSA) is 47.6 Å². The minimum atomic E-state index is -0.502. The molecule has 1 aromatic carbocycles. The Balaban J connectivity index is 2.54. The lowest BCUT2D eigenvalue weighted by molar-refractivity contribution is 0.0469. The van der Waals surface area contributed by atoms with Crippen molar-refractivity contribution in [3.05, 3.63) is 28.7 Å². The number of ether oxygens (including phenoxy) is 2. The number of carbonyl (C=O) groups excluding carboxylic acids is 1. The smallest absolute Gasteiger partial charge is 0.407 e. The Morgan fingerprint density at radius 2 is 1.81 bits per heavy atom. The Morgan fingerprint density at radius 1 is 1.24 bits per heavy atom. The SMILES string of the molecule is CC(C)[C@@H](COc1ccc(Br)cc1)NC(=O)OC(C)(C)C. The van der Waals surface area contributed by atoms with Gasteiger partial charge in [-0.1, -0.05) is 29.8 Å². The highest BCUT2D eigenvalue weighted by Gasteiger charge is 2.21. The van der Waals surface area contributed by atoms with E-state index in [1.807, 2.05) is 58.9 Å². The second-order valence-electron chi connectivity index (χ2n) is 6.26. The van der Waals surface area contributed by atoms with E-state index in [4.69, 9.17) is 9.47 Å². The standard InChI is InChI=1S/C16H24BrNO3/c1-11(2)14(18-15(19)21-16(3,4)5)10-20-13-8-6-12(17)7-9-13/h6-9,11,14H,10H2,1-5H3,(H,18,19)/t14-/m1/s1. The molecule has 21 heavy (non-hydrogen) atoms. The summed E-state index contributed by atoms with van der Waals surface area (Å²) in [5, 5.41) is 2.86. The van der Waals surface area contributed by atoms with Crippen LogP contribution in [0.25, 0.3) is 0 Å². The van der Waals surface area contributed by atoms with Crippen molar-refractivity contribution in [1.29, 1.82) is 0 Å². The fourth-order valence-electron chi connectivity index (χ4n) is 1.58. The molecule has 1 amide bonds. The molecule has 1 atom stereocenters. The van der Waals surface area contributed by atoms with Gasteiger partial charge in [-0.05, 0) is 51.0 Å². The normalized spacial score (nSPS) is 12.9. The van der Waals surface area contributed by atoms with Crippen LogP contribution in [0.2, 0.25) is 0 Å². The molecule has 1 aromatic rings. The zero-order chi connectivity index (χ0) is 16.0. The number of amides is 1. The fourth-order valence-corrected chi connectivity index (χ4v) is 1.84. The van der Waals surface area contributed by atoms with E-state index in [0.717, 1.165) is 10.2 Å². The van der Waals surface area contributed by atoms with E-state index >= 15 is 0 Å². The van der Waals surface area contributed by atoms with Gasteiger partial charge in [-0.3, -0.25) is 0 Å². The van der Waals surface area contributed by atoms with Gasteiger partial charge in [0, 0.05) is 4.47 Å². The molecule has 0 radical (unpaired) electrons. The molecule has 118 valence electrons. The molecule has 4 nitrogen and oxygen atoms in total.